The summed E-state index contributed by atoms with van der Waals surface area (Å²) in [5.41, 5.74) is 7.92. The molecule has 2 aromatic heterocycles. The van der Waals surface area contributed by atoms with Crippen LogP contribution in [0.15, 0.2) is 30.5 Å². The third-order valence-electron chi connectivity index (χ3n) is 2.84. The van der Waals surface area contributed by atoms with Gasteiger partial charge in [0.15, 0.2) is 11.2 Å². The van der Waals surface area contributed by atoms with Gasteiger partial charge in [-0.15, -0.1) is 0 Å². The summed E-state index contributed by atoms with van der Waals surface area (Å²) in [4.78, 5) is 16.8. The summed E-state index contributed by atoms with van der Waals surface area (Å²) in [6.07, 6.45) is 1.59. The van der Waals surface area contributed by atoms with E-state index >= 15 is 0 Å². The van der Waals surface area contributed by atoms with Gasteiger partial charge in [-0.1, -0.05) is 0 Å². The van der Waals surface area contributed by atoms with Gasteiger partial charge in [0.1, 0.15) is 5.75 Å². The van der Waals surface area contributed by atoms with Crippen molar-refractivity contribution in [3.63, 3.8) is 0 Å². The molecule has 21 heavy (non-hydrogen) atoms. The molecule has 3 rings (SSSR count). The third-order valence-corrected chi connectivity index (χ3v) is 2.84. The number of hydrogen-bond acceptors (Lipinski definition) is 7. The quantitative estimate of drug-likeness (QED) is 0.754. The van der Waals surface area contributed by atoms with E-state index in [-0.39, 0.29) is 11.7 Å². The Kier molecular flexibility index (Phi) is 3.23. The fraction of sp³-hybridized carbons (Fsp3) is 0.143. The fourth-order valence-corrected chi connectivity index (χ4v) is 1.91. The first-order valence-electron chi connectivity index (χ1n) is 6.40. The number of benzene rings is 1. The molecule has 0 atom stereocenters. The van der Waals surface area contributed by atoms with Crippen LogP contribution in [-0.2, 0) is 0 Å². The summed E-state index contributed by atoms with van der Waals surface area (Å²) in [6, 6.07) is 6.68. The van der Waals surface area contributed by atoms with Crippen LogP contribution in [0.2, 0.25) is 0 Å². The van der Waals surface area contributed by atoms with Gasteiger partial charge in [-0.25, -0.2) is 9.97 Å². The number of phenols is 1. The van der Waals surface area contributed by atoms with Crippen molar-refractivity contribution in [1.82, 2.24) is 19.9 Å². The topological polar surface area (TPSA) is 107 Å². The highest BCUT2D eigenvalue weighted by Crippen LogP contribution is 2.25. The lowest BCUT2D eigenvalue weighted by molar-refractivity contribution is 0.330. The molecule has 0 fully saturated rings. The summed E-state index contributed by atoms with van der Waals surface area (Å²) in [7, 11) is 0. The van der Waals surface area contributed by atoms with Crippen molar-refractivity contribution >= 4 is 17.1 Å². The van der Waals surface area contributed by atoms with E-state index in [1.807, 2.05) is 6.92 Å². The number of nitrogens with two attached hydrogens (primary N) is 1. The standard InChI is InChI=1S/C14H13N5O2/c1-2-21-13-11-12(18-14(15)19-13)16-7-10(17-11)8-3-5-9(20)6-4-8/h3-7,20H,2H2,1H3,(H2,15,16,18,19). The van der Waals surface area contributed by atoms with Crippen molar-refractivity contribution in [3.05, 3.63) is 30.5 Å². The van der Waals surface area contributed by atoms with Gasteiger partial charge in [0.25, 0.3) is 0 Å². The molecule has 0 radical (unpaired) electrons. The molecule has 3 N–H and O–H groups in total. The van der Waals surface area contributed by atoms with Crippen molar-refractivity contribution in [2.75, 3.05) is 12.3 Å². The van der Waals surface area contributed by atoms with Gasteiger partial charge >= 0.3 is 0 Å². The van der Waals surface area contributed by atoms with Crippen LogP contribution in [0.1, 0.15) is 6.92 Å². The van der Waals surface area contributed by atoms with E-state index in [1.54, 1.807) is 30.5 Å². The minimum Gasteiger partial charge on any atom is -0.508 e. The molecule has 3 aromatic rings. The molecular weight excluding hydrogens is 270 g/mol. The van der Waals surface area contributed by atoms with E-state index in [0.717, 1.165) is 5.56 Å². The maximum absolute atomic E-state index is 9.33. The zero-order chi connectivity index (χ0) is 14.8. The van der Waals surface area contributed by atoms with Crippen molar-refractivity contribution < 1.29 is 9.84 Å². The lowest BCUT2D eigenvalue weighted by atomic mass is 10.1. The molecule has 0 bridgehead atoms. The molecule has 0 unspecified atom stereocenters. The fourth-order valence-electron chi connectivity index (χ4n) is 1.91. The molecule has 0 aliphatic heterocycles. The van der Waals surface area contributed by atoms with Crippen molar-refractivity contribution in [1.29, 1.82) is 0 Å². The van der Waals surface area contributed by atoms with Crippen LogP contribution in [0.5, 0.6) is 11.6 Å². The van der Waals surface area contributed by atoms with Crippen LogP contribution < -0.4 is 10.5 Å². The smallest absolute Gasteiger partial charge is 0.247 e. The van der Waals surface area contributed by atoms with E-state index in [2.05, 4.69) is 19.9 Å². The molecule has 7 heteroatoms. The Morgan fingerprint density at radius 2 is 1.90 bits per heavy atom. The molecule has 0 spiro atoms. The lowest BCUT2D eigenvalue weighted by Crippen LogP contribution is -2.04. The van der Waals surface area contributed by atoms with Gasteiger partial charge in [0.05, 0.1) is 18.5 Å². The second-order valence-electron chi connectivity index (χ2n) is 4.29. The second-order valence-corrected chi connectivity index (χ2v) is 4.29. The van der Waals surface area contributed by atoms with Gasteiger partial charge in [0, 0.05) is 5.56 Å². The Morgan fingerprint density at radius 3 is 2.62 bits per heavy atom. The molecule has 7 nitrogen and oxygen atoms in total. The molecule has 2 heterocycles. The number of fused-ring (bicyclic) bond motifs is 1. The predicted octanol–water partition coefficient (Wildman–Crippen LogP) is 1.77. The second kappa shape index (κ2) is 5.20. The van der Waals surface area contributed by atoms with Gasteiger partial charge in [0.2, 0.25) is 11.8 Å². The number of phenolic OH excluding ortho intramolecular Hbond substituents is 1. The number of anilines is 1. The summed E-state index contributed by atoms with van der Waals surface area (Å²) >= 11 is 0. The number of nitrogens with zero attached hydrogens (tertiary/aromatic N) is 4. The highest BCUT2D eigenvalue weighted by molar-refractivity contribution is 5.79. The molecule has 0 aliphatic carbocycles. The largest absolute Gasteiger partial charge is 0.508 e. The van der Waals surface area contributed by atoms with Crippen molar-refractivity contribution in [3.8, 4) is 22.9 Å². The number of rotatable bonds is 3. The molecule has 0 saturated heterocycles. The predicted molar refractivity (Wildman–Crippen MR) is 77.8 cm³/mol. The Balaban J connectivity index is 2.16. The average Bonchev–Trinajstić information content (AvgIpc) is 2.48. The lowest BCUT2D eigenvalue weighted by Gasteiger charge is -2.07. The Bertz CT molecular complexity index is 789. The normalized spacial score (nSPS) is 10.7. The molecular formula is C14H13N5O2. The van der Waals surface area contributed by atoms with Crippen LogP contribution >= 0.6 is 0 Å². The summed E-state index contributed by atoms with van der Waals surface area (Å²) in [5, 5.41) is 9.33. The van der Waals surface area contributed by atoms with Crippen LogP contribution in [0, 0.1) is 0 Å². The number of hydrogen-bond donors (Lipinski definition) is 2. The molecule has 0 amide bonds. The van der Waals surface area contributed by atoms with E-state index in [1.165, 1.54) is 0 Å². The molecule has 1 aromatic carbocycles. The van der Waals surface area contributed by atoms with Crippen molar-refractivity contribution in [2.45, 2.75) is 6.92 Å². The SMILES string of the molecule is CCOc1nc(N)nc2ncc(-c3ccc(O)cc3)nc12. The number of ether oxygens (including phenoxy) is 1. The highest BCUT2D eigenvalue weighted by Gasteiger charge is 2.12. The summed E-state index contributed by atoms with van der Waals surface area (Å²) in [6.45, 7) is 2.29. The number of aromatic nitrogens is 4. The van der Waals surface area contributed by atoms with Gasteiger partial charge in [-0.2, -0.15) is 9.97 Å². The van der Waals surface area contributed by atoms with Crippen LogP contribution in [0.4, 0.5) is 5.95 Å². The van der Waals surface area contributed by atoms with Crippen molar-refractivity contribution in [2.24, 2.45) is 0 Å². The van der Waals surface area contributed by atoms with Gasteiger partial charge < -0.3 is 15.6 Å². The highest BCUT2D eigenvalue weighted by atomic mass is 16.5. The average molecular weight is 283 g/mol. The minimum atomic E-state index is 0.0950. The van der Waals surface area contributed by atoms with Gasteiger partial charge in [-0.05, 0) is 31.2 Å². The van der Waals surface area contributed by atoms with Crippen LogP contribution in [0.3, 0.4) is 0 Å². The van der Waals surface area contributed by atoms with E-state index in [9.17, 15) is 5.11 Å². The Hall–Kier alpha value is -2.96. The first-order chi connectivity index (χ1) is 10.2. The van der Waals surface area contributed by atoms with Crippen LogP contribution in [0.25, 0.3) is 22.4 Å². The zero-order valence-corrected chi connectivity index (χ0v) is 11.3. The van der Waals surface area contributed by atoms with E-state index in [4.69, 9.17) is 10.5 Å². The summed E-state index contributed by atoms with van der Waals surface area (Å²) < 4.78 is 5.44. The van der Waals surface area contributed by atoms with Gasteiger partial charge in [-0.3, -0.25) is 0 Å². The maximum Gasteiger partial charge on any atom is 0.247 e. The van der Waals surface area contributed by atoms with E-state index < -0.39 is 0 Å². The molecule has 106 valence electrons. The zero-order valence-electron chi connectivity index (χ0n) is 11.3. The minimum absolute atomic E-state index is 0.0950. The Morgan fingerprint density at radius 1 is 1.14 bits per heavy atom. The number of nitrogen functional groups attached to an aromatic ring is 1. The molecule has 0 aliphatic rings. The molecule has 0 saturated carbocycles. The first kappa shape index (κ1) is 13.0. The number of aromatic hydroxyl groups is 1. The summed E-state index contributed by atoms with van der Waals surface area (Å²) in [5.74, 6) is 0.601. The monoisotopic (exact) mass is 283 g/mol. The van der Waals surface area contributed by atoms with Crippen LogP contribution in [-0.4, -0.2) is 31.6 Å². The first-order valence-corrected chi connectivity index (χ1v) is 6.40. The maximum atomic E-state index is 9.33. The Labute approximate surface area is 120 Å². The third kappa shape index (κ3) is 2.53. The van der Waals surface area contributed by atoms with E-state index in [0.29, 0.717) is 29.3 Å².